The van der Waals surface area contributed by atoms with Crippen LogP contribution in [0.15, 0.2) is 18.6 Å². The molecule has 132 valence electrons. The molecule has 3 heterocycles. The highest BCUT2D eigenvalue weighted by molar-refractivity contribution is 6.28. The summed E-state index contributed by atoms with van der Waals surface area (Å²) in [6.07, 6.45) is 4.81. The van der Waals surface area contributed by atoms with Gasteiger partial charge in [0, 0.05) is 25.5 Å². The summed E-state index contributed by atoms with van der Waals surface area (Å²) in [5.74, 6) is 1.09. The van der Waals surface area contributed by atoms with Gasteiger partial charge in [0.05, 0.1) is 19.3 Å². The predicted octanol–water partition coefficient (Wildman–Crippen LogP) is 1.77. The molecule has 3 aromatic rings. The first kappa shape index (κ1) is 17.5. The highest BCUT2D eigenvalue weighted by Crippen LogP contribution is 2.27. The standard InChI is InChI=1S/C15H19ClN8O/c1-3-25-7-6-24-13-12(10(23-24)8-17-2)21-15(16)22-14(13)20-11-9-18-4-5-19-11/h4-5,9,17H,3,6-8H2,1-2H3,(H,19,20,21,22). The van der Waals surface area contributed by atoms with Crippen LogP contribution in [0, 0.1) is 0 Å². The van der Waals surface area contributed by atoms with Crippen LogP contribution in [0.25, 0.3) is 11.0 Å². The van der Waals surface area contributed by atoms with Gasteiger partial charge in [0.15, 0.2) is 5.82 Å². The molecule has 2 N–H and O–H groups in total. The van der Waals surface area contributed by atoms with Gasteiger partial charge in [-0.15, -0.1) is 0 Å². The zero-order valence-corrected chi connectivity index (χ0v) is 14.8. The third-order valence-corrected chi connectivity index (χ3v) is 3.60. The quantitative estimate of drug-likeness (QED) is 0.461. The fourth-order valence-corrected chi connectivity index (χ4v) is 2.60. The summed E-state index contributed by atoms with van der Waals surface area (Å²) in [6, 6.07) is 0. The molecule has 3 aromatic heterocycles. The van der Waals surface area contributed by atoms with Crippen molar-refractivity contribution in [1.82, 2.24) is 35.0 Å². The van der Waals surface area contributed by atoms with Gasteiger partial charge in [-0.05, 0) is 25.6 Å². The molecule has 0 aliphatic heterocycles. The van der Waals surface area contributed by atoms with E-state index in [1.165, 1.54) is 0 Å². The van der Waals surface area contributed by atoms with E-state index in [9.17, 15) is 0 Å². The molecule has 0 aromatic carbocycles. The number of halogens is 1. The van der Waals surface area contributed by atoms with Crippen LogP contribution < -0.4 is 10.6 Å². The fourth-order valence-electron chi connectivity index (χ4n) is 2.43. The van der Waals surface area contributed by atoms with E-state index in [1.807, 2.05) is 18.7 Å². The Morgan fingerprint density at radius 3 is 2.88 bits per heavy atom. The fraction of sp³-hybridized carbons (Fsp3) is 0.400. The van der Waals surface area contributed by atoms with Crippen LogP contribution in [0.2, 0.25) is 5.28 Å². The molecule has 0 unspecified atom stereocenters. The average molecular weight is 363 g/mol. The van der Waals surface area contributed by atoms with Gasteiger partial charge in [0.1, 0.15) is 22.5 Å². The van der Waals surface area contributed by atoms with Gasteiger partial charge in [-0.1, -0.05) is 0 Å². The summed E-state index contributed by atoms with van der Waals surface area (Å²) >= 11 is 6.12. The Morgan fingerprint density at radius 2 is 2.16 bits per heavy atom. The van der Waals surface area contributed by atoms with E-state index < -0.39 is 0 Å². The lowest BCUT2D eigenvalue weighted by Gasteiger charge is -2.09. The largest absolute Gasteiger partial charge is 0.380 e. The van der Waals surface area contributed by atoms with Crippen LogP contribution in [0.3, 0.4) is 0 Å². The second-order valence-electron chi connectivity index (χ2n) is 5.15. The van der Waals surface area contributed by atoms with E-state index in [2.05, 4.69) is 35.7 Å². The number of hydrogen-bond donors (Lipinski definition) is 2. The summed E-state index contributed by atoms with van der Waals surface area (Å²) in [4.78, 5) is 16.9. The van der Waals surface area contributed by atoms with Gasteiger partial charge in [0.25, 0.3) is 0 Å². The van der Waals surface area contributed by atoms with Crippen molar-refractivity contribution in [2.75, 3.05) is 25.6 Å². The molecule has 3 rings (SSSR count). The van der Waals surface area contributed by atoms with E-state index >= 15 is 0 Å². The molecule has 9 nitrogen and oxygen atoms in total. The van der Waals surface area contributed by atoms with Crippen molar-refractivity contribution < 1.29 is 4.74 Å². The lowest BCUT2D eigenvalue weighted by atomic mass is 10.3. The number of fused-ring (bicyclic) bond motifs is 1. The minimum Gasteiger partial charge on any atom is -0.380 e. The van der Waals surface area contributed by atoms with Crippen LogP contribution in [0.5, 0.6) is 0 Å². The molecule has 10 heteroatoms. The molecule has 0 saturated heterocycles. The summed E-state index contributed by atoms with van der Waals surface area (Å²) < 4.78 is 7.28. The number of nitrogens with zero attached hydrogens (tertiary/aromatic N) is 6. The maximum Gasteiger partial charge on any atom is 0.225 e. The van der Waals surface area contributed by atoms with Crippen molar-refractivity contribution >= 4 is 34.3 Å². The van der Waals surface area contributed by atoms with E-state index in [0.717, 1.165) is 11.2 Å². The van der Waals surface area contributed by atoms with Crippen LogP contribution in [0.1, 0.15) is 12.6 Å². The number of aromatic nitrogens is 6. The first-order valence-corrected chi connectivity index (χ1v) is 8.29. The molecule has 0 fully saturated rings. The maximum atomic E-state index is 6.12. The second-order valence-corrected chi connectivity index (χ2v) is 5.49. The molecule has 25 heavy (non-hydrogen) atoms. The Labute approximate surface area is 149 Å². The van der Waals surface area contributed by atoms with Gasteiger partial charge < -0.3 is 15.4 Å². The van der Waals surface area contributed by atoms with Crippen molar-refractivity contribution in [2.45, 2.75) is 20.0 Å². The zero-order valence-electron chi connectivity index (χ0n) is 14.0. The van der Waals surface area contributed by atoms with E-state index in [-0.39, 0.29) is 5.28 Å². The molecular formula is C15H19ClN8O. The van der Waals surface area contributed by atoms with Crippen LogP contribution in [-0.2, 0) is 17.8 Å². The van der Waals surface area contributed by atoms with Gasteiger partial charge >= 0.3 is 0 Å². The van der Waals surface area contributed by atoms with Gasteiger partial charge in [-0.2, -0.15) is 10.1 Å². The Hall–Kier alpha value is -2.36. The smallest absolute Gasteiger partial charge is 0.225 e. The lowest BCUT2D eigenvalue weighted by molar-refractivity contribution is 0.137. The second kappa shape index (κ2) is 8.15. The third kappa shape index (κ3) is 4.01. The molecule has 0 spiro atoms. The number of nitrogens with one attached hydrogen (secondary N) is 2. The molecule has 0 atom stereocenters. The number of hydrogen-bond acceptors (Lipinski definition) is 8. The SMILES string of the molecule is CCOCCn1nc(CNC)c2nc(Cl)nc(Nc3cnccn3)c21. The first-order chi connectivity index (χ1) is 12.2. The number of rotatable bonds is 8. The molecule has 0 radical (unpaired) electrons. The molecule has 0 amide bonds. The van der Waals surface area contributed by atoms with Crippen LogP contribution >= 0.6 is 11.6 Å². The summed E-state index contributed by atoms with van der Waals surface area (Å²) in [5, 5.41) is 11.0. The monoisotopic (exact) mass is 362 g/mol. The molecule has 0 bridgehead atoms. The first-order valence-electron chi connectivity index (χ1n) is 7.91. The van der Waals surface area contributed by atoms with E-state index in [4.69, 9.17) is 16.3 Å². The Kier molecular flexibility index (Phi) is 5.69. The molecular weight excluding hydrogens is 344 g/mol. The molecule has 0 aliphatic carbocycles. The summed E-state index contributed by atoms with van der Waals surface area (Å²) in [5.41, 5.74) is 2.23. The van der Waals surface area contributed by atoms with Crippen molar-refractivity contribution in [2.24, 2.45) is 0 Å². The average Bonchev–Trinajstić information content (AvgIpc) is 2.94. The van der Waals surface area contributed by atoms with Crippen molar-refractivity contribution in [1.29, 1.82) is 0 Å². The van der Waals surface area contributed by atoms with Gasteiger partial charge in [-0.3, -0.25) is 9.67 Å². The van der Waals surface area contributed by atoms with Crippen molar-refractivity contribution in [3.8, 4) is 0 Å². The van der Waals surface area contributed by atoms with Gasteiger partial charge in [-0.25, -0.2) is 9.97 Å². The van der Waals surface area contributed by atoms with E-state index in [1.54, 1.807) is 18.6 Å². The topological polar surface area (TPSA) is 103 Å². The Balaban J connectivity index is 2.07. The van der Waals surface area contributed by atoms with Crippen LogP contribution in [0.4, 0.5) is 11.6 Å². The lowest BCUT2D eigenvalue weighted by Crippen LogP contribution is -2.10. The minimum atomic E-state index is 0.139. The number of ether oxygens (including phenoxy) is 1. The third-order valence-electron chi connectivity index (χ3n) is 3.44. The van der Waals surface area contributed by atoms with Gasteiger partial charge in [0.2, 0.25) is 5.28 Å². The summed E-state index contributed by atoms with van der Waals surface area (Å²) in [7, 11) is 1.85. The maximum absolute atomic E-state index is 6.12. The summed E-state index contributed by atoms with van der Waals surface area (Å²) in [6.45, 7) is 4.29. The molecule has 0 aliphatic rings. The predicted molar refractivity (Wildman–Crippen MR) is 94.9 cm³/mol. The van der Waals surface area contributed by atoms with Crippen molar-refractivity contribution in [3.63, 3.8) is 0 Å². The van der Waals surface area contributed by atoms with E-state index in [0.29, 0.717) is 43.5 Å². The van der Waals surface area contributed by atoms with Crippen LogP contribution in [-0.4, -0.2) is 50.0 Å². The molecule has 0 saturated carbocycles. The zero-order chi connectivity index (χ0) is 17.6. The highest BCUT2D eigenvalue weighted by atomic mass is 35.5. The normalized spacial score (nSPS) is 11.2. The highest BCUT2D eigenvalue weighted by Gasteiger charge is 2.18. The van der Waals surface area contributed by atoms with Crippen molar-refractivity contribution in [3.05, 3.63) is 29.6 Å². The minimum absolute atomic E-state index is 0.139. The Morgan fingerprint density at radius 1 is 1.28 bits per heavy atom. The Bertz CT molecular complexity index is 838. The number of anilines is 2.